The summed E-state index contributed by atoms with van der Waals surface area (Å²) in [7, 11) is 0. The number of furan rings is 1. The molecule has 1 fully saturated rings. The van der Waals surface area contributed by atoms with Crippen molar-refractivity contribution in [2.24, 2.45) is 5.92 Å². The second-order valence-electron chi connectivity index (χ2n) is 5.43. The number of carbonyl (C=O) groups is 2. The molecule has 0 aromatic carbocycles. The third-order valence-corrected chi connectivity index (χ3v) is 3.88. The fraction of sp³-hybridized carbons (Fsp3) is 0.600. The van der Waals surface area contributed by atoms with Gasteiger partial charge < -0.3 is 14.4 Å². The highest BCUT2D eigenvalue weighted by atomic mass is 16.4. The normalized spacial score (nSPS) is 19.7. The summed E-state index contributed by atoms with van der Waals surface area (Å²) in [6, 6.07) is 1.36. The molecule has 1 atom stereocenters. The van der Waals surface area contributed by atoms with Crippen LogP contribution >= 0.6 is 0 Å². The van der Waals surface area contributed by atoms with E-state index in [9.17, 15) is 9.59 Å². The molecule has 1 unspecified atom stereocenters. The molecule has 0 radical (unpaired) electrons. The van der Waals surface area contributed by atoms with Gasteiger partial charge >= 0.3 is 5.97 Å². The van der Waals surface area contributed by atoms with Gasteiger partial charge in [-0.25, -0.2) is 4.79 Å². The fourth-order valence-corrected chi connectivity index (χ4v) is 2.60. The Kier molecular flexibility index (Phi) is 4.47. The minimum Gasteiger partial charge on any atom is -0.478 e. The Bertz CT molecular complexity index is 506. The molecule has 2 heterocycles. The SMILES string of the molecule is CCc1oc(C(=O)N2CCCC(C)CC2)cc1C(=O)O. The van der Waals surface area contributed by atoms with E-state index < -0.39 is 5.97 Å². The zero-order valence-electron chi connectivity index (χ0n) is 12.0. The molecular formula is C15H21NO4. The number of aromatic carboxylic acids is 1. The van der Waals surface area contributed by atoms with Crippen LogP contribution in [-0.4, -0.2) is 35.0 Å². The van der Waals surface area contributed by atoms with E-state index in [1.54, 1.807) is 4.90 Å². The van der Waals surface area contributed by atoms with Crippen LogP contribution in [0.2, 0.25) is 0 Å². The highest BCUT2D eigenvalue weighted by Gasteiger charge is 2.25. The van der Waals surface area contributed by atoms with Gasteiger partial charge in [-0.2, -0.15) is 0 Å². The summed E-state index contributed by atoms with van der Waals surface area (Å²) >= 11 is 0. The first-order valence-electron chi connectivity index (χ1n) is 7.18. The lowest BCUT2D eigenvalue weighted by Crippen LogP contribution is -2.31. The smallest absolute Gasteiger partial charge is 0.339 e. The Morgan fingerprint density at radius 3 is 2.75 bits per heavy atom. The lowest BCUT2D eigenvalue weighted by Gasteiger charge is -2.18. The molecule has 1 aromatic rings. The minimum atomic E-state index is -1.05. The second kappa shape index (κ2) is 6.11. The van der Waals surface area contributed by atoms with Gasteiger partial charge in [0.1, 0.15) is 11.3 Å². The fourth-order valence-electron chi connectivity index (χ4n) is 2.60. The first-order chi connectivity index (χ1) is 9.52. The third-order valence-electron chi connectivity index (χ3n) is 3.88. The molecule has 0 aliphatic carbocycles. The quantitative estimate of drug-likeness (QED) is 0.923. The number of aryl methyl sites for hydroxylation is 1. The molecule has 1 amide bonds. The molecule has 20 heavy (non-hydrogen) atoms. The number of hydrogen-bond acceptors (Lipinski definition) is 3. The molecule has 0 saturated carbocycles. The summed E-state index contributed by atoms with van der Waals surface area (Å²) in [5.74, 6) is -0.0986. The number of likely N-dealkylation sites (tertiary alicyclic amines) is 1. The maximum Gasteiger partial charge on any atom is 0.339 e. The van der Waals surface area contributed by atoms with Gasteiger partial charge in [0.05, 0.1) is 0 Å². The molecule has 1 aliphatic heterocycles. The number of carbonyl (C=O) groups excluding carboxylic acids is 1. The maximum absolute atomic E-state index is 12.4. The molecule has 1 saturated heterocycles. The summed E-state index contributed by atoms with van der Waals surface area (Å²) in [5.41, 5.74) is 0.0963. The third kappa shape index (κ3) is 3.03. The Hall–Kier alpha value is -1.78. The van der Waals surface area contributed by atoms with Gasteiger partial charge in [-0.05, 0) is 25.2 Å². The van der Waals surface area contributed by atoms with Gasteiger partial charge in [0.15, 0.2) is 5.76 Å². The van der Waals surface area contributed by atoms with Crippen molar-refractivity contribution in [3.63, 3.8) is 0 Å². The average molecular weight is 279 g/mol. The molecule has 2 rings (SSSR count). The maximum atomic E-state index is 12.4. The van der Waals surface area contributed by atoms with E-state index in [4.69, 9.17) is 9.52 Å². The molecule has 1 aliphatic rings. The average Bonchev–Trinajstić information content (AvgIpc) is 2.75. The van der Waals surface area contributed by atoms with Crippen molar-refractivity contribution < 1.29 is 19.1 Å². The highest BCUT2D eigenvalue weighted by Crippen LogP contribution is 2.21. The van der Waals surface area contributed by atoms with Crippen molar-refractivity contribution in [1.29, 1.82) is 0 Å². The highest BCUT2D eigenvalue weighted by molar-refractivity contribution is 5.96. The topological polar surface area (TPSA) is 70.8 Å². The van der Waals surface area contributed by atoms with Gasteiger partial charge in [-0.15, -0.1) is 0 Å². The number of amides is 1. The zero-order chi connectivity index (χ0) is 14.7. The molecule has 0 bridgehead atoms. The van der Waals surface area contributed by atoms with Gasteiger partial charge in [-0.3, -0.25) is 4.79 Å². The predicted molar refractivity (Wildman–Crippen MR) is 74.0 cm³/mol. The van der Waals surface area contributed by atoms with E-state index >= 15 is 0 Å². The van der Waals surface area contributed by atoms with Crippen LogP contribution in [0.4, 0.5) is 0 Å². The molecule has 5 heteroatoms. The first kappa shape index (κ1) is 14.6. The van der Waals surface area contributed by atoms with E-state index in [1.165, 1.54) is 6.07 Å². The van der Waals surface area contributed by atoms with Crippen molar-refractivity contribution in [3.05, 3.63) is 23.2 Å². The molecule has 110 valence electrons. The van der Waals surface area contributed by atoms with Crippen molar-refractivity contribution >= 4 is 11.9 Å². The van der Waals surface area contributed by atoms with Gasteiger partial charge in [-0.1, -0.05) is 13.8 Å². The zero-order valence-corrected chi connectivity index (χ0v) is 12.0. The Labute approximate surface area is 118 Å². The summed E-state index contributed by atoms with van der Waals surface area (Å²) in [6.07, 6.45) is 3.56. The minimum absolute atomic E-state index is 0.0963. The van der Waals surface area contributed by atoms with Crippen molar-refractivity contribution in [1.82, 2.24) is 4.90 Å². The van der Waals surface area contributed by atoms with Crippen LogP contribution < -0.4 is 0 Å². The van der Waals surface area contributed by atoms with E-state index in [0.717, 1.165) is 19.3 Å². The number of rotatable bonds is 3. The summed E-state index contributed by atoms with van der Waals surface area (Å²) in [4.78, 5) is 25.3. The van der Waals surface area contributed by atoms with Crippen LogP contribution in [0.5, 0.6) is 0 Å². The van der Waals surface area contributed by atoms with Gasteiger partial charge in [0.2, 0.25) is 0 Å². The number of carboxylic acid groups (broad SMARTS) is 1. The van der Waals surface area contributed by atoms with Crippen molar-refractivity contribution in [3.8, 4) is 0 Å². The predicted octanol–water partition coefficient (Wildman–Crippen LogP) is 2.80. The monoisotopic (exact) mass is 279 g/mol. The van der Waals surface area contributed by atoms with Crippen LogP contribution in [0.15, 0.2) is 10.5 Å². The lowest BCUT2D eigenvalue weighted by molar-refractivity contribution is 0.0691. The molecule has 1 aromatic heterocycles. The Balaban J connectivity index is 2.18. The summed E-state index contributed by atoms with van der Waals surface area (Å²) in [5, 5.41) is 9.10. The molecule has 5 nitrogen and oxygen atoms in total. The van der Waals surface area contributed by atoms with Crippen LogP contribution in [0.1, 0.15) is 59.8 Å². The molecule has 1 N–H and O–H groups in total. The van der Waals surface area contributed by atoms with Crippen LogP contribution in [0, 0.1) is 5.92 Å². The van der Waals surface area contributed by atoms with Crippen LogP contribution in [-0.2, 0) is 6.42 Å². The summed E-state index contributed by atoms with van der Waals surface area (Å²) < 4.78 is 5.44. The van der Waals surface area contributed by atoms with E-state index in [0.29, 0.717) is 31.2 Å². The standard InChI is InChI=1S/C15H21NO4/c1-3-12-11(15(18)19)9-13(20-12)14(17)16-7-4-5-10(2)6-8-16/h9-10H,3-8H2,1-2H3,(H,18,19). The number of carboxylic acids is 1. The second-order valence-corrected chi connectivity index (χ2v) is 5.43. The van der Waals surface area contributed by atoms with Crippen LogP contribution in [0.25, 0.3) is 0 Å². The van der Waals surface area contributed by atoms with E-state index in [2.05, 4.69) is 6.92 Å². The largest absolute Gasteiger partial charge is 0.478 e. The molecule has 0 spiro atoms. The van der Waals surface area contributed by atoms with E-state index in [-0.39, 0.29) is 17.2 Å². The van der Waals surface area contributed by atoms with E-state index in [1.807, 2.05) is 6.92 Å². The first-order valence-corrected chi connectivity index (χ1v) is 7.18. The Morgan fingerprint density at radius 1 is 1.40 bits per heavy atom. The number of hydrogen-bond donors (Lipinski definition) is 1. The lowest BCUT2D eigenvalue weighted by atomic mass is 10.0. The van der Waals surface area contributed by atoms with Crippen molar-refractivity contribution in [2.45, 2.75) is 39.5 Å². The van der Waals surface area contributed by atoms with Gasteiger partial charge in [0, 0.05) is 25.6 Å². The van der Waals surface area contributed by atoms with Gasteiger partial charge in [0.25, 0.3) is 5.91 Å². The van der Waals surface area contributed by atoms with Crippen molar-refractivity contribution in [2.75, 3.05) is 13.1 Å². The van der Waals surface area contributed by atoms with Crippen LogP contribution in [0.3, 0.4) is 0 Å². The molecular weight excluding hydrogens is 258 g/mol. The number of nitrogens with zero attached hydrogens (tertiary/aromatic N) is 1. The summed E-state index contributed by atoms with van der Waals surface area (Å²) in [6.45, 7) is 5.43. The Morgan fingerprint density at radius 2 is 2.15 bits per heavy atom.